The van der Waals surface area contributed by atoms with Crippen LogP contribution in [0.25, 0.3) is 17.1 Å². The quantitative estimate of drug-likeness (QED) is 0.376. The average Bonchev–Trinajstić information content (AvgIpc) is 2.81. The monoisotopic (exact) mass is 492 g/mol. The minimum atomic E-state index is -2.67. The Kier molecular flexibility index (Phi) is 5.23. The Balaban J connectivity index is 1.75. The van der Waals surface area contributed by atoms with E-state index >= 15 is 0 Å². The molecule has 1 amide bonds. The van der Waals surface area contributed by atoms with Crippen molar-refractivity contribution in [1.29, 1.82) is 0 Å². The van der Waals surface area contributed by atoms with Gasteiger partial charge in [0.1, 0.15) is 22.8 Å². The predicted molar refractivity (Wildman–Crippen MR) is 125 cm³/mol. The summed E-state index contributed by atoms with van der Waals surface area (Å²) in [5.74, 6) is -6.53. The molecule has 1 aromatic carbocycles. The number of benzene rings is 1. The zero-order valence-corrected chi connectivity index (χ0v) is 19.5. The molecule has 11 heteroatoms. The molecule has 1 heterocycles. The summed E-state index contributed by atoms with van der Waals surface area (Å²) in [6, 6.07) is 3.47. The Hall–Kier alpha value is -4.09. The minimum Gasteiger partial charge on any atom is -0.508 e. The molecule has 6 N–H and O–H groups in total. The molecule has 1 saturated carbocycles. The topological polar surface area (TPSA) is 187 Å². The zero-order valence-electron chi connectivity index (χ0n) is 19.5. The van der Waals surface area contributed by atoms with Crippen LogP contribution in [-0.4, -0.2) is 78.5 Å². The molecule has 3 aliphatic rings. The third-order valence-corrected chi connectivity index (χ3v) is 7.41. The number of phenols is 1. The highest BCUT2D eigenvalue weighted by Gasteiger charge is 2.64. The van der Waals surface area contributed by atoms with E-state index in [4.69, 9.17) is 5.73 Å². The third-order valence-electron chi connectivity index (χ3n) is 7.41. The number of hydrogen-bond acceptors (Lipinski definition) is 10. The second-order valence-corrected chi connectivity index (χ2v) is 9.52. The van der Waals surface area contributed by atoms with E-state index in [9.17, 15) is 34.8 Å². The molecule has 0 spiro atoms. The molecule has 1 fully saturated rings. The van der Waals surface area contributed by atoms with Crippen molar-refractivity contribution in [2.75, 3.05) is 14.1 Å². The summed E-state index contributed by atoms with van der Waals surface area (Å²) in [5, 5.41) is 44.3. The van der Waals surface area contributed by atoms with Gasteiger partial charge in [0.15, 0.2) is 17.2 Å². The van der Waals surface area contributed by atoms with E-state index < -0.39 is 58.0 Å². The van der Waals surface area contributed by atoms with E-state index in [0.717, 1.165) is 0 Å². The number of aliphatic hydroxyl groups excluding tert-OH is 2. The number of amides is 1. The molecule has 11 nitrogen and oxygen atoms in total. The minimum absolute atomic E-state index is 0.00348. The second-order valence-electron chi connectivity index (χ2n) is 9.52. The SMILES string of the molecule is CN(C)[C@H]1C(=O)C(C(N)=O)=C(O)[C@]2(O)C(=O)C3=C(O)c4c(O)ccc(-c5ncccn5)c4C[C@@H]3C[C@H]12. The lowest BCUT2D eigenvalue weighted by Crippen LogP contribution is -2.65. The molecule has 1 aromatic heterocycles. The van der Waals surface area contributed by atoms with Gasteiger partial charge in [-0.1, -0.05) is 0 Å². The van der Waals surface area contributed by atoms with E-state index in [1.807, 2.05) is 0 Å². The van der Waals surface area contributed by atoms with Crippen LogP contribution >= 0.6 is 0 Å². The number of Topliss-reactive ketones (excluding diaryl/α,β-unsaturated/α-hetero) is 2. The molecule has 4 atom stereocenters. The van der Waals surface area contributed by atoms with Gasteiger partial charge >= 0.3 is 0 Å². The highest BCUT2D eigenvalue weighted by Crippen LogP contribution is 2.53. The van der Waals surface area contributed by atoms with Crippen molar-refractivity contribution in [3.63, 3.8) is 0 Å². The molecule has 3 aliphatic carbocycles. The number of ketones is 2. The molecule has 0 saturated heterocycles. The Morgan fingerprint density at radius 1 is 1.14 bits per heavy atom. The highest BCUT2D eigenvalue weighted by atomic mass is 16.3. The molecule has 5 rings (SSSR count). The van der Waals surface area contributed by atoms with Crippen molar-refractivity contribution in [2.24, 2.45) is 17.6 Å². The van der Waals surface area contributed by atoms with Crippen LogP contribution < -0.4 is 5.73 Å². The third kappa shape index (κ3) is 3.02. The van der Waals surface area contributed by atoms with Gasteiger partial charge in [0, 0.05) is 29.4 Å². The number of fused-ring (bicyclic) bond motifs is 3. The van der Waals surface area contributed by atoms with Gasteiger partial charge in [-0.25, -0.2) is 9.97 Å². The zero-order chi connectivity index (χ0) is 26.1. The maximum atomic E-state index is 13.8. The standard InChI is InChI=1S/C25H24N4O7/c1-29(2)18-13-9-10-8-12-11(24-27-6-3-7-28-24)4-5-14(30)16(12)19(31)15(10)21(33)25(13,36)22(34)17(20(18)32)23(26)35/h3-7,10,13,18,30-31,34,36H,8-9H2,1-2H3,(H2,26,35)/t10-,13-,18-,25-/m1/s1. The van der Waals surface area contributed by atoms with Crippen LogP contribution in [-0.2, 0) is 20.8 Å². The van der Waals surface area contributed by atoms with E-state index in [0.29, 0.717) is 17.0 Å². The van der Waals surface area contributed by atoms with E-state index in [2.05, 4.69) is 9.97 Å². The van der Waals surface area contributed by atoms with Crippen LogP contribution in [0.3, 0.4) is 0 Å². The first-order valence-electron chi connectivity index (χ1n) is 11.3. The normalized spacial score (nSPS) is 27.6. The largest absolute Gasteiger partial charge is 0.508 e. The van der Waals surface area contributed by atoms with Crippen LogP contribution in [0, 0.1) is 11.8 Å². The summed E-state index contributed by atoms with van der Waals surface area (Å²) in [5.41, 5.74) is 2.66. The lowest BCUT2D eigenvalue weighted by atomic mass is 9.57. The number of aromatic nitrogens is 2. The summed E-state index contributed by atoms with van der Waals surface area (Å²) in [6.45, 7) is 0. The number of carbonyl (C=O) groups excluding carboxylic acids is 3. The van der Waals surface area contributed by atoms with Gasteiger partial charge < -0.3 is 26.2 Å². The Bertz CT molecular complexity index is 1400. The van der Waals surface area contributed by atoms with Gasteiger partial charge in [-0.05, 0) is 56.6 Å². The molecule has 2 aromatic rings. The number of aliphatic hydroxyl groups is 3. The van der Waals surface area contributed by atoms with Crippen LogP contribution in [0.5, 0.6) is 5.75 Å². The number of carbonyl (C=O) groups is 3. The van der Waals surface area contributed by atoms with Crippen LogP contribution in [0.2, 0.25) is 0 Å². The first kappa shape index (κ1) is 23.6. The number of nitrogens with zero attached hydrogens (tertiary/aromatic N) is 3. The molecule has 36 heavy (non-hydrogen) atoms. The van der Waals surface area contributed by atoms with Crippen molar-refractivity contribution >= 4 is 23.2 Å². The van der Waals surface area contributed by atoms with Gasteiger partial charge in [0.25, 0.3) is 5.91 Å². The van der Waals surface area contributed by atoms with Gasteiger partial charge in [0.05, 0.1) is 11.6 Å². The van der Waals surface area contributed by atoms with Gasteiger partial charge in [-0.3, -0.25) is 19.3 Å². The lowest BCUT2D eigenvalue weighted by molar-refractivity contribution is -0.153. The van der Waals surface area contributed by atoms with Crippen molar-refractivity contribution in [3.05, 3.63) is 58.6 Å². The van der Waals surface area contributed by atoms with Crippen molar-refractivity contribution in [1.82, 2.24) is 14.9 Å². The van der Waals surface area contributed by atoms with Gasteiger partial charge in [0.2, 0.25) is 5.78 Å². The van der Waals surface area contributed by atoms with Gasteiger partial charge in [-0.2, -0.15) is 0 Å². The summed E-state index contributed by atoms with van der Waals surface area (Å²) in [6.07, 6.45) is 3.28. The molecule has 0 unspecified atom stereocenters. The molecule has 0 radical (unpaired) electrons. The fourth-order valence-corrected chi connectivity index (χ4v) is 5.89. The average molecular weight is 492 g/mol. The molecule has 0 aliphatic heterocycles. The fourth-order valence-electron chi connectivity index (χ4n) is 5.89. The van der Waals surface area contributed by atoms with E-state index in [1.165, 1.54) is 11.0 Å². The number of hydrogen-bond donors (Lipinski definition) is 5. The molecule has 186 valence electrons. The van der Waals surface area contributed by atoms with E-state index in [1.54, 1.807) is 38.6 Å². The second kappa shape index (κ2) is 7.97. The van der Waals surface area contributed by atoms with Crippen LogP contribution in [0.15, 0.2) is 47.5 Å². The van der Waals surface area contributed by atoms with E-state index in [-0.39, 0.29) is 29.7 Å². The van der Waals surface area contributed by atoms with Crippen LogP contribution in [0.1, 0.15) is 17.5 Å². The highest BCUT2D eigenvalue weighted by molar-refractivity contribution is 6.24. The number of likely N-dealkylation sites (N-methyl/N-ethyl adjacent to an activating group) is 1. The number of rotatable bonds is 3. The molecule has 0 bridgehead atoms. The summed E-state index contributed by atoms with van der Waals surface area (Å²) in [4.78, 5) is 48.9. The number of primary amides is 1. The fraction of sp³-hybridized carbons (Fsp3) is 0.320. The summed E-state index contributed by atoms with van der Waals surface area (Å²) in [7, 11) is 3.10. The Morgan fingerprint density at radius 2 is 1.81 bits per heavy atom. The van der Waals surface area contributed by atoms with Crippen molar-refractivity contribution in [2.45, 2.75) is 24.5 Å². The molecular weight excluding hydrogens is 468 g/mol. The smallest absolute Gasteiger partial charge is 0.255 e. The predicted octanol–water partition coefficient (Wildman–Crippen LogP) is 0.421. The first-order valence-corrected chi connectivity index (χ1v) is 11.3. The Morgan fingerprint density at radius 3 is 2.42 bits per heavy atom. The van der Waals surface area contributed by atoms with Crippen molar-refractivity contribution < 1.29 is 34.8 Å². The van der Waals surface area contributed by atoms with Crippen LogP contribution in [0.4, 0.5) is 0 Å². The number of nitrogens with two attached hydrogens (primary N) is 1. The maximum absolute atomic E-state index is 13.8. The first-order chi connectivity index (χ1) is 17.0. The van der Waals surface area contributed by atoms with Crippen molar-refractivity contribution in [3.8, 4) is 17.1 Å². The summed E-state index contributed by atoms with van der Waals surface area (Å²) >= 11 is 0. The molecular formula is C25H24N4O7. The van der Waals surface area contributed by atoms with Gasteiger partial charge in [-0.15, -0.1) is 0 Å². The summed E-state index contributed by atoms with van der Waals surface area (Å²) < 4.78 is 0. The number of phenolic OH excluding ortho intramolecular Hbond substituents is 1. The lowest BCUT2D eigenvalue weighted by Gasteiger charge is -2.50. The Labute approximate surface area is 205 Å². The number of aromatic hydroxyl groups is 1. The maximum Gasteiger partial charge on any atom is 0.255 e.